The lowest BCUT2D eigenvalue weighted by molar-refractivity contribution is -0.870. The van der Waals surface area contributed by atoms with Gasteiger partial charge in [-0.15, -0.1) is 0 Å². The van der Waals surface area contributed by atoms with Gasteiger partial charge in [0, 0.05) is 12.8 Å². The summed E-state index contributed by atoms with van der Waals surface area (Å²) in [6, 6.07) is -0.909. The lowest BCUT2D eigenvalue weighted by Gasteiger charge is -2.30. The van der Waals surface area contributed by atoms with Crippen LogP contribution in [0.25, 0.3) is 0 Å². The van der Waals surface area contributed by atoms with E-state index in [1.54, 1.807) is 0 Å². The molecule has 0 fully saturated rings. The van der Waals surface area contributed by atoms with E-state index in [-0.39, 0.29) is 31.3 Å². The van der Waals surface area contributed by atoms with Gasteiger partial charge in [0.1, 0.15) is 19.3 Å². The number of carbonyl (C=O) groups is 2. The quantitative estimate of drug-likeness (QED) is 0.0212. The highest BCUT2D eigenvalue weighted by atomic mass is 31.2. The molecule has 0 aromatic carbocycles. The van der Waals surface area contributed by atoms with Crippen LogP contribution in [0.2, 0.25) is 0 Å². The number of amides is 1. The van der Waals surface area contributed by atoms with E-state index in [0.29, 0.717) is 23.9 Å². The molecule has 10 heteroatoms. The van der Waals surface area contributed by atoms with E-state index in [2.05, 4.69) is 86.8 Å². The largest absolute Gasteiger partial charge is 0.756 e. The third kappa shape index (κ3) is 50.2. The maximum atomic E-state index is 13.5. The highest BCUT2D eigenvalue weighted by Gasteiger charge is 2.27. The van der Waals surface area contributed by atoms with E-state index in [4.69, 9.17) is 13.8 Å². The molecule has 0 aliphatic heterocycles. The first kappa shape index (κ1) is 66.5. The van der Waals surface area contributed by atoms with Crippen molar-refractivity contribution in [1.82, 2.24) is 5.32 Å². The summed E-state index contributed by atoms with van der Waals surface area (Å²) in [6.07, 6.45) is 61.5. The van der Waals surface area contributed by atoms with Crippen LogP contribution >= 0.6 is 7.82 Å². The van der Waals surface area contributed by atoms with Crippen LogP contribution in [-0.4, -0.2) is 69.4 Å². The van der Waals surface area contributed by atoms with Gasteiger partial charge in [0.25, 0.3) is 7.82 Å². The Hall–Kier alpha value is -2.55. The van der Waals surface area contributed by atoms with Gasteiger partial charge in [-0.3, -0.25) is 14.2 Å². The zero-order chi connectivity index (χ0) is 50.8. The molecule has 9 nitrogen and oxygen atoms in total. The Morgan fingerprint density at radius 1 is 0.507 bits per heavy atom. The Morgan fingerprint density at radius 3 is 1.42 bits per heavy atom. The third-order valence-electron chi connectivity index (χ3n) is 12.1. The number of nitrogens with zero attached hydrogens (tertiary/aromatic N) is 1. The number of unbranched alkanes of at least 4 members (excludes halogenated alkanes) is 24. The monoisotopic (exact) mass is 987 g/mol. The summed E-state index contributed by atoms with van der Waals surface area (Å²) in [4.78, 5) is 39.8. The average molecular weight is 987 g/mol. The molecule has 0 aromatic heterocycles. The Bertz CT molecular complexity index is 1420. The van der Waals surface area contributed by atoms with Crippen molar-refractivity contribution in [1.29, 1.82) is 0 Å². The Balaban J connectivity index is 5.42. The molecule has 3 unspecified atom stereocenters. The predicted molar refractivity (Wildman–Crippen MR) is 293 cm³/mol. The molecule has 1 N–H and O–H groups in total. The van der Waals surface area contributed by atoms with E-state index >= 15 is 0 Å². The number of likely N-dealkylation sites (N-methyl/N-ethyl adjacent to an activating group) is 1. The average Bonchev–Trinajstić information content (AvgIpc) is 3.31. The number of ether oxygens (including phenoxy) is 1. The molecule has 0 saturated heterocycles. The number of quaternary nitrogens is 1. The van der Waals surface area contributed by atoms with Crippen molar-refractivity contribution in [3.63, 3.8) is 0 Å². The summed E-state index contributed by atoms with van der Waals surface area (Å²) < 4.78 is 30.2. The maximum Gasteiger partial charge on any atom is 0.306 e. The van der Waals surface area contributed by atoms with Crippen LogP contribution in [0, 0.1) is 0 Å². The van der Waals surface area contributed by atoms with E-state index in [0.717, 1.165) is 96.3 Å². The van der Waals surface area contributed by atoms with Crippen molar-refractivity contribution in [2.75, 3.05) is 40.9 Å². The minimum absolute atomic E-state index is 0.0324. The van der Waals surface area contributed by atoms with Crippen molar-refractivity contribution in [3.05, 3.63) is 72.9 Å². The zero-order valence-electron chi connectivity index (χ0n) is 45.5. The van der Waals surface area contributed by atoms with Crippen molar-refractivity contribution in [2.24, 2.45) is 0 Å². The molecule has 400 valence electrons. The van der Waals surface area contributed by atoms with Gasteiger partial charge in [-0.1, -0.05) is 203 Å². The van der Waals surface area contributed by atoms with Gasteiger partial charge in [-0.25, -0.2) is 0 Å². The molecule has 0 heterocycles. The number of hydrogen-bond acceptors (Lipinski definition) is 7. The molecule has 0 radical (unpaired) electrons. The van der Waals surface area contributed by atoms with Crippen LogP contribution in [-0.2, 0) is 27.9 Å². The molecular formula is C59H107N2O7P. The number of allylic oxidation sites excluding steroid dienone is 11. The van der Waals surface area contributed by atoms with Gasteiger partial charge < -0.3 is 28.5 Å². The Kier molecular flexibility index (Phi) is 47.2. The molecule has 1 amide bonds. The van der Waals surface area contributed by atoms with Gasteiger partial charge >= 0.3 is 5.97 Å². The molecule has 0 aliphatic carbocycles. The van der Waals surface area contributed by atoms with Gasteiger partial charge in [-0.05, 0) is 96.0 Å². The van der Waals surface area contributed by atoms with Crippen molar-refractivity contribution in [3.8, 4) is 0 Å². The fourth-order valence-electron chi connectivity index (χ4n) is 7.66. The highest BCUT2D eigenvalue weighted by Crippen LogP contribution is 2.38. The molecular weight excluding hydrogens is 880 g/mol. The maximum absolute atomic E-state index is 13.5. The number of carbonyl (C=O) groups excluding carboxylic acids is 2. The minimum atomic E-state index is -4.70. The standard InChI is InChI=1S/C59H107N2O7P/c1-7-10-13-16-19-22-25-27-28-29-30-31-32-34-37-39-42-45-48-51-58(62)60-56(55-67-69(64,65)66-54-53-61(4,5)6)57(50-47-44-41-38-36-33-26-23-20-17-14-11-8-2)68-59(63)52-49-46-43-40-35-24-21-18-15-12-9-3/h18-19,21-22,27-28,30-31,34,37,47,50,56-57H,7-17,20,23-26,29,32-33,35-36,38-46,48-49,51-55H2,1-6H3,(H-,60,62,64,65)/b21-18-,22-19-,28-27-,31-30-,37-34-,50-47+. The number of phosphoric ester groups is 1. The molecule has 0 rings (SSSR count). The summed E-state index contributed by atoms with van der Waals surface area (Å²) in [5.74, 6) is -0.591. The summed E-state index contributed by atoms with van der Waals surface area (Å²) in [5, 5.41) is 3.00. The van der Waals surface area contributed by atoms with Crippen LogP contribution in [0.3, 0.4) is 0 Å². The van der Waals surface area contributed by atoms with Gasteiger partial charge in [0.2, 0.25) is 5.91 Å². The fourth-order valence-corrected chi connectivity index (χ4v) is 8.38. The second kappa shape index (κ2) is 49.0. The third-order valence-corrected chi connectivity index (χ3v) is 13.1. The summed E-state index contributed by atoms with van der Waals surface area (Å²) in [5.41, 5.74) is 0. The SMILES string of the molecule is CCCC/C=C\CCCCCCCC(=O)OC(/C=C/CCCCCCCCCCCCC)C(COP(=O)([O-])OCC[N+](C)(C)C)NC(=O)CCCCC/C=C\C/C=C\C/C=C\C/C=C\CCCCC. The molecule has 0 bridgehead atoms. The number of rotatable bonds is 50. The summed E-state index contributed by atoms with van der Waals surface area (Å²) in [7, 11) is 1.15. The highest BCUT2D eigenvalue weighted by molar-refractivity contribution is 7.45. The second-order valence-electron chi connectivity index (χ2n) is 20.1. The van der Waals surface area contributed by atoms with Crippen LogP contribution in [0.4, 0.5) is 0 Å². The van der Waals surface area contributed by atoms with Gasteiger partial charge in [-0.2, -0.15) is 0 Å². The van der Waals surface area contributed by atoms with Gasteiger partial charge in [0.05, 0.1) is 33.8 Å². The molecule has 0 aliphatic rings. The smallest absolute Gasteiger partial charge is 0.306 e. The van der Waals surface area contributed by atoms with Crippen molar-refractivity contribution in [2.45, 2.75) is 251 Å². The Labute approximate surface area is 425 Å². The van der Waals surface area contributed by atoms with E-state index in [9.17, 15) is 19.0 Å². The Morgan fingerprint density at radius 2 is 0.899 bits per heavy atom. The first-order valence-corrected chi connectivity index (χ1v) is 29.7. The number of esters is 1. The van der Waals surface area contributed by atoms with Crippen LogP contribution in [0.1, 0.15) is 239 Å². The number of phosphoric acid groups is 1. The van der Waals surface area contributed by atoms with E-state index in [1.807, 2.05) is 33.3 Å². The lowest BCUT2D eigenvalue weighted by atomic mass is 10.0. The molecule has 0 spiro atoms. The molecule has 0 aromatic rings. The second-order valence-corrected chi connectivity index (χ2v) is 21.5. The number of hydrogen-bond donors (Lipinski definition) is 1. The van der Waals surface area contributed by atoms with Crippen LogP contribution in [0.15, 0.2) is 72.9 Å². The van der Waals surface area contributed by atoms with E-state index < -0.39 is 26.6 Å². The topological polar surface area (TPSA) is 114 Å². The first-order valence-electron chi connectivity index (χ1n) is 28.2. The summed E-state index contributed by atoms with van der Waals surface area (Å²) >= 11 is 0. The van der Waals surface area contributed by atoms with Crippen LogP contribution < -0.4 is 10.2 Å². The first-order chi connectivity index (χ1) is 33.4. The summed E-state index contributed by atoms with van der Waals surface area (Å²) in [6.45, 7) is 6.73. The van der Waals surface area contributed by atoms with Crippen LogP contribution in [0.5, 0.6) is 0 Å². The predicted octanol–water partition coefficient (Wildman–Crippen LogP) is 16.3. The van der Waals surface area contributed by atoms with E-state index in [1.165, 1.54) is 96.3 Å². The zero-order valence-corrected chi connectivity index (χ0v) is 46.4. The minimum Gasteiger partial charge on any atom is -0.756 e. The molecule has 3 atom stereocenters. The lowest BCUT2D eigenvalue weighted by Crippen LogP contribution is -2.47. The van der Waals surface area contributed by atoms with Gasteiger partial charge in [0.15, 0.2) is 0 Å². The number of nitrogens with one attached hydrogen (secondary N) is 1. The molecule has 69 heavy (non-hydrogen) atoms. The van der Waals surface area contributed by atoms with Crippen molar-refractivity contribution >= 4 is 19.7 Å². The normalized spacial score (nSPS) is 14.4. The van der Waals surface area contributed by atoms with Crippen molar-refractivity contribution < 1.29 is 37.3 Å². The fraction of sp³-hybridized carbons (Fsp3) is 0.763. The molecule has 0 saturated carbocycles.